The zero-order valence-corrected chi connectivity index (χ0v) is 20.5. The van der Waals surface area contributed by atoms with Crippen LogP contribution in [0.4, 0.5) is 0 Å². The van der Waals surface area contributed by atoms with Crippen molar-refractivity contribution in [2.75, 3.05) is 0 Å². The third-order valence-corrected chi connectivity index (χ3v) is 9.57. The van der Waals surface area contributed by atoms with Gasteiger partial charge in [0.1, 0.15) is 0 Å². The van der Waals surface area contributed by atoms with Crippen molar-refractivity contribution in [3.63, 3.8) is 0 Å². The second-order valence-corrected chi connectivity index (χ2v) is 13.3. The molecule has 6 rings (SSSR count). The molecule has 0 radical (unpaired) electrons. The minimum absolute atomic E-state index is 0.0539. The molecule has 1 N–H and O–H groups in total. The van der Waals surface area contributed by atoms with Gasteiger partial charge in [0.2, 0.25) is 10.0 Å². The maximum Gasteiger partial charge on any atom is 0.217 e. The summed E-state index contributed by atoms with van der Waals surface area (Å²) in [6.45, 7) is 9.34. The molecular formula is C27H31N3O2S. The maximum absolute atomic E-state index is 13.1. The second kappa shape index (κ2) is 7.44. The molecule has 3 fully saturated rings. The van der Waals surface area contributed by atoms with E-state index >= 15 is 0 Å². The number of nitriles is 1. The average Bonchev–Trinajstić information content (AvgIpc) is 3.01. The first-order valence-corrected chi connectivity index (χ1v) is 13.1. The van der Waals surface area contributed by atoms with Crippen LogP contribution in [-0.4, -0.2) is 17.7 Å². The van der Waals surface area contributed by atoms with Crippen molar-refractivity contribution in [1.82, 2.24) is 9.29 Å². The van der Waals surface area contributed by atoms with Crippen LogP contribution in [-0.2, 0) is 16.6 Å². The lowest BCUT2D eigenvalue weighted by molar-refractivity contribution is 0.0469. The highest BCUT2D eigenvalue weighted by Gasteiger charge is 2.64. The van der Waals surface area contributed by atoms with E-state index in [9.17, 15) is 13.7 Å². The molecule has 1 unspecified atom stereocenters. The molecular weight excluding hydrogens is 430 g/mol. The highest BCUT2D eigenvalue weighted by Crippen LogP contribution is 2.61. The van der Waals surface area contributed by atoms with Gasteiger partial charge in [-0.05, 0) is 66.3 Å². The molecule has 172 valence electrons. The zero-order chi connectivity index (χ0) is 23.6. The van der Waals surface area contributed by atoms with Crippen LogP contribution in [0.3, 0.4) is 0 Å². The molecule has 33 heavy (non-hydrogen) atoms. The lowest BCUT2D eigenvalue weighted by Crippen LogP contribution is -2.65. The van der Waals surface area contributed by atoms with Crippen molar-refractivity contribution in [2.45, 2.75) is 64.3 Å². The number of benzene rings is 2. The number of nitrogens with zero attached hydrogens (tertiary/aromatic N) is 2. The van der Waals surface area contributed by atoms with Gasteiger partial charge in [-0.25, -0.2) is 13.1 Å². The fraction of sp³-hybridized carbons (Fsp3) is 0.444. The van der Waals surface area contributed by atoms with E-state index in [2.05, 4.69) is 54.5 Å². The van der Waals surface area contributed by atoms with Gasteiger partial charge in [0.05, 0.1) is 16.4 Å². The maximum atomic E-state index is 13.1. The lowest BCUT2D eigenvalue weighted by Gasteiger charge is -2.60. The summed E-state index contributed by atoms with van der Waals surface area (Å²) < 4.78 is 30.9. The van der Waals surface area contributed by atoms with Gasteiger partial charge in [-0.15, -0.1) is 0 Å². The summed E-state index contributed by atoms with van der Waals surface area (Å²) in [6.07, 6.45) is 4.53. The van der Waals surface area contributed by atoms with Crippen molar-refractivity contribution < 1.29 is 8.42 Å². The molecule has 5 nitrogen and oxygen atoms in total. The number of fused-ring (bicyclic) bond motifs is 1. The number of rotatable bonds is 6. The van der Waals surface area contributed by atoms with Crippen molar-refractivity contribution in [1.29, 1.82) is 5.26 Å². The van der Waals surface area contributed by atoms with Gasteiger partial charge in [0.15, 0.2) is 0 Å². The van der Waals surface area contributed by atoms with Gasteiger partial charge < -0.3 is 4.57 Å². The molecule has 3 aliphatic rings. The minimum atomic E-state index is -3.35. The van der Waals surface area contributed by atoms with Crippen molar-refractivity contribution in [3.8, 4) is 17.2 Å². The smallest absolute Gasteiger partial charge is 0.217 e. The van der Waals surface area contributed by atoms with E-state index in [0.29, 0.717) is 11.5 Å². The predicted octanol–water partition coefficient (Wildman–Crippen LogP) is 5.76. The van der Waals surface area contributed by atoms with Gasteiger partial charge in [0, 0.05) is 29.7 Å². The minimum Gasteiger partial charge on any atom is -0.347 e. The Bertz CT molecular complexity index is 1370. The molecule has 3 saturated carbocycles. The second-order valence-electron chi connectivity index (χ2n) is 11.2. The summed E-state index contributed by atoms with van der Waals surface area (Å²) >= 11 is 0. The van der Waals surface area contributed by atoms with Crippen LogP contribution in [0, 0.1) is 22.7 Å². The Labute approximate surface area is 196 Å². The van der Waals surface area contributed by atoms with Crippen molar-refractivity contribution >= 4 is 20.9 Å². The topological polar surface area (TPSA) is 74.9 Å². The first-order valence-electron chi connectivity index (χ1n) is 11.7. The van der Waals surface area contributed by atoms with Crippen LogP contribution in [0.5, 0.6) is 0 Å². The monoisotopic (exact) mass is 461 g/mol. The Hall–Kier alpha value is -2.62. The highest BCUT2D eigenvalue weighted by molar-refractivity contribution is 7.91. The number of hydrogen-bond donors (Lipinski definition) is 1. The molecule has 3 aromatic rings. The molecule has 0 amide bonds. The van der Waals surface area contributed by atoms with Crippen LogP contribution < -0.4 is 4.72 Å². The van der Waals surface area contributed by atoms with Crippen LogP contribution in [0.2, 0.25) is 0 Å². The molecule has 1 atom stereocenters. The van der Waals surface area contributed by atoms with Crippen LogP contribution >= 0.6 is 0 Å². The standard InChI is InChI=1S/C27H31N3O2S/c1-18(29-33(31,32)27-12-19(13-27)14-27)24-16-30(17-26(2,3)4)25-11-20(9-10-23(24)25)22-8-6-5-7-21(22)15-28/h5-11,16,18-19,29H,12-14,17H2,1-4H3. The summed E-state index contributed by atoms with van der Waals surface area (Å²) in [6, 6.07) is 15.8. The Morgan fingerprint density at radius 3 is 2.48 bits per heavy atom. The Morgan fingerprint density at radius 1 is 1.18 bits per heavy atom. The zero-order valence-electron chi connectivity index (χ0n) is 19.7. The van der Waals surface area contributed by atoms with E-state index in [1.165, 1.54) is 0 Å². The van der Waals surface area contributed by atoms with E-state index in [4.69, 9.17) is 0 Å². The van der Waals surface area contributed by atoms with E-state index in [-0.39, 0.29) is 11.5 Å². The van der Waals surface area contributed by atoms with Crippen molar-refractivity contribution in [3.05, 3.63) is 59.8 Å². The largest absolute Gasteiger partial charge is 0.347 e. The molecule has 2 aromatic carbocycles. The van der Waals surface area contributed by atoms with E-state index < -0.39 is 14.8 Å². The highest BCUT2D eigenvalue weighted by atomic mass is 32.2. The SMILES string of the molecule is CC(NS(=O)(=O)C12CC(C1)C2)c1cn(CC(C)(C)C)c2cc(-c3ccccc3C#N)ccc12. The summed E-state index contributed by atoms with van der Waals surface area (Å²) in [5, 5.41) is 10.6. The summed E-state index contributed by atoms with van der Waals surface area (Å²) in [5.41, 5.74) is 4.64. The van der Waals surface area contributed by atoms with E-state index in [1.807, 2.05) is 37.3 Å². The molecule has 0 saturated heterocycles. The number of nitrogens with one attached hydrogen (secondary N) is 1. The molecule has 6 heteroatoms. The van der Waals surface area contributed by atoms with Gasteiger partial charge in [-0.2, -0.15) is 5.26 Å². The fourth-order valence-electron chi connectivity index (χ4n) is 5.46. The summed E-state index contributed by atoms with van der Waals surface area (Å²) in [7, 11) is -3.35. The Kier molecular flexibility index (Phi) is 5.00. The molecule has 0 spiro atoms. The number of aromatic nitrogens is 1. The third-order valence-electron chi connectivity index (χ3n) is 7.27. The molecule has 1 heterocycles. The fourth-order valence-corrected chi connectivity index (χ4v) is 7.66. The predicted molar refractivity (Wildman–Crippen MR) is 132 cm³/mol. The van der Waals surface area contributed by atoms with Gasteiger partial charge in [-0.3, -0.25) is 0 Å². The van der Waals surface area contributed by atoms with Crippen LogP contribution in [0.15, 0.2) is 48.7 Å². The van der Waals surface area contributed by atoms with Crippen molar-refractivity contribution in [2.24, 2.45) is 11.3 Å². The molecule has 0 aliphatic heterocycles. The number of sulfonamides is 1. The normalized spacial score (nSPS) is 22.9. The Morgan fingerprint density at radius 2 is 1.88 bits per heavy atom. The molecule has 3 aliphatic carbocycles. The Balaban J connectivity index is 1.57. The molecule has 1 aromatic heterocycles. The average molecular weight is 462 g/mol. The van der Waals surface area contributed by atoms with Crippen LogP contribution in [0.1, 0.15) is 64.1 Å². The number of hydrogen-bond acceptors (Lipinski definition) is 3. The third kappa shape index (κ3) is 3.68. The van der Waals surface area contributed by atoms with Gasteiger partial charge in [0.25, 0.3) is 0 Å². The van der Waals surface area contributed by atoms with E-state index in [1.54, 1.807) is 0 Å². The quantitative estimate of drug-likeness (QED) is 0.507. The van der Waals surface area contributed by atoms with Gasteiger partial charge >= 0.3 is 0 Å². The lowest BCUT2D eigenvalue weighted by atomic mass is 9.55. The van der Waals surface area contributed by atoms with Crippen LogP contribution in [0.25, 0.3) is 22.0 Å². The van der Waals surface area contributed by atoms with Gasteiger partial charge in [-0.1, -0.05) is 51.1 Å². The first-order chi connectivity index (χ1) is 15.5. The summed E-state index contributed by atoms with van der Waals surface area (Å²) in [4.78, 5) is 0. The van der Waals surface area contributed by atoms with E-state index in [0.717, 1.165) is 53.4 Å². The first kappa shape index (κ1) is 22.2. The summed E-state index contributed by atoms with van der Waals surface area (Å²) in [5.74, 6) is 0.611. The molecule has 2 bridgehead atoms.